The molecule has 0 radical (unpaired) electrons. The van der Waals surface area contributed by atoms with Crippen LogP contribution in [0.25, 0.3) is 0 Å². The molecule has 0 heterocycles. The second-order valence-corrected chi connectivity index (χ2v) is 8.96. The molecule has 2 rings (SSSR count). The molecule has 0 fully saturated rings. The number of hydrogen-bond donors (Lipinski definition) is 2. The maximum Gasteiger partial charge on any atom is 0.241 e. The second-order valence-electron chi connectivity index (χ2n) is 7.28. The molecule has 27 heavy (non-hydrogen) atoms. The number of methoxy groups -OCH3 is 1. The molecule has 0 aliphatic carbocycles. The molecule has 0 bridgehead atoms. The highest BCUT2D eigenvalue weighted by Crippen LogP contribution is 2.17. The second kappa shape index (κ2) is 8.54. The molecule has 0 saturated heterocycles. The molecular weight excluding hydrogens is 364 g/mol. The van der Waals surface area contributed by atoms with Gasteiger partial charge in [0.25, 0.3) is 0 Å². The van der Waals surface area contributed by atoms with E-state index >= 15 is 0 Å². The highest BCUT2D eigenvalue weighted by atomic mass is 32.2. The van der Waals surface area contributed by atoms with Crippen LogP contribution in [-0.2, 0) is 21.2 Å². The third-order valence-corrected chi connectivity index (χ3v) is 5.46. The van der Waals surface area contributed by atoms with Crippen molar-refractivity contribution in [3.05, 3.63) is 54.1 Å². The van der Waals surface area contributed by atoms with E-state index in [2.05, 4.69) is 10.0 Å². The zero-order valence-electron chi connectivity index (χ0n) is 16.1. The number of benzene rings is 2. The normalized spacial score (nSPS) is 11.9. The molecular formula is C20H26N2O4S. The molecule has 146 valence electrons. The molecule has 6 nitrogen and oxygen atoms in total. The summed E-state index contributed by atoms with van der Waals surface area (Å²) in [5.41, 5.74) is 1.06. The molecule has 0 unspecified atom stereocenters. The van der Waals surface area contributed by atoms with E-state index in [1.807, 2.05) is 0 Å². The van der Waals surface area contributed by atoms with Crippen molar-refractivity contribution in [2.45, 2.75) is 44.0 Å². The Morgan fingerprint density at radius 1 is 1.00 bits per heavy atom. The Kier molecular flexibility index (Phi) is 6.62. The van der Waals surface area contributed by atoms with E-state index in [1.165, 1.54) is 0 Å². The maximum atomic E-state index is 12.3. The fraction of sp³-hybridized carbons (Fsp3) is 0.350. The summed E-state index contributed by atoms with van der Waals surface area (Å²) in [7, 11) is -1.97. The molecule has 2 aromatic rings. The summed E-state index contributed by atoms with van der Waals surface area (Å²) in [5, 5.41) is 2.82. The lowest BCUT2D eigenvalue weighted by Gasteiger charge is -2.20. The van der Waals surface area contributed by atoms with Crippen LogP contribution in [0, 0.1) is 0 Å². The van der Waals surface area contributed by atoms with Crippen LogP contribution in [0.15, 0.2) is 53.4 Å². The number of carbonyl (C=O) groups excluding carboxylic acids is 1. The van der Waals surface area contributed by atoms with Gasteiger partial charge in [0.05, 0.1) is 12.0 Å². The first-order valence-corrected chi connectivity index (χ1v) is 10.1. The monoisotopic (exact) mass is 390 g/mol. The van der Waals surface area contributed by atoms with Crippen LogP contribution in [0.1, 0.15) is 32.8 Å². The van der Waals surface area contributed by atoms with Crippen LogP contribution < -0.4 is 14.8 Å². The van der Waals surface area contributed by atoms with E-state index in [4.69, 9.17) is 4.74 Å². The molecule has 0 aromatic heterocycles. The summed E-state index contributed by atoms with van der Waals surface area (Å²) in [6.07, 6.45) is 0.827. The lowest BCUT2D eigenvalue weighted by molar-refractivity contribution is -0.116. The van der Waals surface area contributed by atoms with E-state index < -0.39 is 15.6 Å². The zero-order valence-corrected chi connectivity index (χ0v) is 16.9. The maximum absolute atomic E-state index is 12.3. The minimum Gasteiger partial charge on any atom is -0.497 e. The molecule has 2 N–H and O–H groups in total. The predicted molar refractivity (Wildman–Crippen MR) is 106 cm³/mol. The van der Waals surface area contributed by atoms with E-state index in [0.717, 1.165) is 11.3 Å². The average molecular weight is 391 g/mol. The van der Waals surface area contributed by atoms with Gasteiger partial charge in [-0.1, -0.05) is 12.1 Å². The Labute approximate surface area is 161 Å². The Bertz CT molecular complexity index is 868. The lowest BCUT2D eigenvalue weighted by Crippen LogP contribution is -2.40. The first-order chi connectivity index (χ1) is 12.6. The fourth-order valence-corrected chi connectivity index (χ4v) is 3.87. The number of rotatable bonds is 7. The van der Waals surface area contributed by atoms with Crippen molar-refractivity contribution in [3.63, 3.8) is 0 Å². The van der Waals surface area contributed by atoms with Crippen molar-refractivity contribution in [1.82, 2.24) is 4.72 Å². The number of hydrogen-bond acceptors (Lipinski definition) is 4. The van der Waals surface area contributed by atoms with Gasteiger partial charge in [0, 0.05) is 17.6 Å². The summed E-state index contributed by atoms with van der Waals surface area (Å²) in [6, 6.07) is 13.7. The largest absolute Gasteiger partial charge is 0.497 e. The molecule has 0 atom stereocenters. The number of carbonyl (C=O) groups is 1. The van der Waals surface area contributed by atoms with E-state index in [-0.39, 0.29) is 10.8 Å². The third-order valence-electron chi connectivity index (χ3n) is 3.69. The topological polar surface area (TPSA) is 84.5 Å². The summed E-state index contributed by atoms with van der Waals surface area (Å²) in [6.45, 7) is 5.38. The van der Waals surface area contributed by atoms with Crippen LogP contribution in [0.5, 0.6) is 5.75 Å². The molecule has 1 amide bonds. The van der Waals surface area contributed by atoms with Gasteiger partial charge in [0.1, 0.15) is 5.75 Å². The van der Waals surface area contributed by atoms with Gasteiger partial charge in [-0.05, 0) is 69.2 Å². The summed E-state index contributed by atoms with van der Waals surface area (Å²) >= 11 is 0. The number of sulfonamides is 1. The molecule has 2 aromatic carbocycles. The summed E-state index contributed by atoms with van der Waals surface area (Å²) < 4.78 is 32.3. The highest BCUT2D eigenvalue weighted by molar-refractivity contribution is 7.89. The van der Waals surface area contributed by atoms with Crippen molar-refractivity contribution >= 4 is 21.6 Å². The number of aryl methyl sites for hydroxylation is 1. The Morgan fingerprint density at radius 3 is 2.11 bits per heavy atom. The summed E-state index contributed by atoms with van der Waals surface area (Å²) in [5.74, 6) is 0.621. The zero-order chi connectivity index (χ0) is 20.1. The van der Waals surface area contributed by atoms with Crippen molar-refractivity contribution in [2.24, 2.45) is 0 Å². The lowest BCUT2D eigenvalue weighted by atomic mass is 10.1. The smallest absolute Gasteiger partial charge is 0.241 e. The van der Waals surface area contributed by atoms with Crippen LogP contribution in [0.2, 0.25) is 0 Å². The van der Waals surface area contributed by atoms with Gasteiger partial charge >= 0.3 is 0 Å². The van der Waals surface area contributed by atoms with Gasteiger partial charge in [-0.15, -0.1) is 0 Å². The van der Waals surface area contributed by atoms with Gasteiger partial charge in [0.15, 0.2) is 0 Å². The van der Waals surface area contributed by atoms with Crippen molar-refractivity contribution < 1.29 is 17.9 Å². The standard InChI is InChI=1S/C20H26N2O4S/c1-20(2,3)22-27(24,25)18-12-5-15(6-13-18)7-14-19(23)21-16-8-10-17(26-4)11-9-16/h5-6,8-13,22H,7,14H2,1-4H3,(H,21,23). The number of ether oxygens (including phenoxy) is 1. The van der Waals surface area contributed by atoms with Crippen LogP contribution in [0.3, 0.4) is 0 Å². The first kappa shape index (κ1) is 20.9. The molecule has 0 saturated carbocycles. The van der Waals surface area contributed by atoms with Crippen LogP contribution >= 0.6 is 0 Å². The number of anilines is 1. The van der Waals surface area contributed by atoms with Gasteiger partial charge in [-0.2, -0.15) is 0 Å². The third kappa shape index (κ3) is 6.69. The first-order valence-electron chi connectivity index (χ1n) is 8.66. The Hall–Kier alpha value is -2.38. The molecule has 0 aliphatic rings. The molecule has 0 spiro atoms. The minimum absolute atomic E-state index is 0.105. The quantitative estimate of drug-likeness (QED) is 0.759. The summed E-state index contributed by atoms with van der Waals surface area (Å²) in [4.78, 5) is 12.3. The molecule has 7 heteroatoms. The van der Waals surface area contributed by atoms with Gasteiger partial charge in [-0.25, -0.2) is 13.1 Å². The predicted octanol–water partition coefficient (Wildman–Crippen LogP) is 3.34. The number of nitrogens with one attached hydrogen (secondary N) is 2. The van der Waals surface area contributed by atoms with E-state index in [9.17, 15) is 13.2 Å². The van der Waals surface area contributed by atoms with Gasteiger partial charge in [0.2, 0.25) is 15.9 Å². The van der Waals surface area contributed by atoms with Crippen LogP contribution in [-0.4, -0.2) is 27.0 Å². The highest BCUT2D eigenvalue weighted by Gasteiger charge is 2.21. The van der Waals surface area contributed by atoms with Crippen molar-refractivity contribution in [2.75, 3.05) is 12.4 Å². The SMILES string of the molecule is COc1ccc(NC(=O)CCc2ccc(S(=O)(=O)NC(C)(C)C)cc2)cc1. The fourth-order valence-electron chi connectivity index (χ4n) is 2.45. The van der Waals surface area contributed by atoms with Gasteiger partial charge < -0.3 is 10.1 Å². The Balaban J connectivity index is 1.91. The van der Waals surface area contributed by atoms with Crippen LogP contribution in [0.4, 0.5) is 5.69 Å². The van der Waals surface area contributed by atoms with Crippen molar-refractivity contribution in [1.29, 1.82) is 0 Å². The Morgan fingerprint density at radius 2 is 1.59 bits per heavy atom. The van der Waals surface area contributed by atoms with E-state index in [0.29, 0.717) is 18.5 Å². The molecule has 0 aliphatic heterocycles. The average Bonchev–Trinajstić information content (AvgIpc) is 2.59. The van der Waals surface area contributed by atoms with Gasteiger partial charge in [-0.3, -0.25) is 4.79 Å². The van der Waals surface area contributed by atoms with E-state index in [1.54, 1.807) is 76.4 Å². The van der Waals surface area contributed by atoms with Crippen molar-refractivity contribution in [3.8, 4) is 5.75 Å². The minimum atomic E-state index is -3.55. The number of amides is 1.